The van der Waals surface area contributed by atoms with Crippen LogP contribution in [-0.4, -0.2) is 12.5 Å². The van der Waals surface area contributed by atoms with Gasteiger partial charge < -0.3 is 11.1 Å². The lowest BCUT2D eigenvalue weighted by molar-refractivity contribution is -0.116. The zero-order valence-electron chi connectivity index (χ0n) is 8.75. The molecule has 0 saturated carbocycles. The third-order valence-corrected chi connectivity index (χ3v) is 2.73. The number of anilines is 1. The van der Waals surface area contributed by atoms with Gasteiger partial charge in [-0.25, -0.2) is 0 Å². The van der Waals surface area contributed by atoms with Gasteiger partial charge in [0.25, 0.3) is 0 Å². The molecular weight excluding hydrogens is 188 g/mol. The molecule has 0 aromatic heterocycles. The van der Waals surface area contributed by atoms with Crippen molar-refractivity contribution in [2.45, 2.75) is 25.7 Å². The Morgan fingerprint density at radius 3 is 3.00 bits per heavy atom. The summed E-state index contributed by atoms with van der Waals surface area (Å²) in [6, 6.07) is 6.25. The van der Waals surface area contributed by atoms with Crippen LogP contribution in [0.2, 0.25) is 0 Å². The average molecular weight is 204 g/mol. The molecule has 0 atom stereocenters. The fourth-order valence-corrected chi connectivity index (χ4v) is 1.93. The van der Waals surface area contributed by atoms with E-state index in [0.29, 0.717) is 13.0 Å². The van der Waals surface area contributed by atoms with Crippen LogP contribution in [0, 0.1) is 0 Å². The number of hydrogen-bond acceptors (Lipinski definition) is 2. The van der Waals surface area contributed by atoms with Crippen molar-refractivity contribution in [2.24, 2.45) is 5.73 Å². The summed E-state index contributed by atoms with van der Waals surface area (Å²) in [5, 5.41) is 2.94. The molecule has 2 rings (SSSR count). The van der Waals surface area contributed by atoms with E-state index in [1.54, 1.807) is 0 Å². The van der Waals surface area contributed by atoms with Gasteiger partial charge in [0.1, 0.15) is 0 Å². The van der Waals surface area contributed by atoms with Gasteiger partial charge in [-0.05, 0) is 43.0 Å². The Hall–Kier alpha value is -1.35. The summed E-state index contributed by atoms with van der Waals surface area (Å²) in [4.78, 5) is 11.4. The summed E-state index contributed by atoms with van der Waals surface area (Å²) < 4.78 is 0. The maximum Gasteiger partial charge on any atom is 0.224 e. The molecule has 0 unspecified atom stereocenters. The molecule has 1 amide bonds. The lowest BCUT2D eigenvalue weighted by atomic mass is 10.0. The highest BCUT2D eigenvalue weighted by Gasteiger charge is 2.12. The molecule has 80 valence electrons. The molecule has 3 heteroatoms. The van der Waals surface area contributed by atoms with Crippen LogP contribution in [0.3, 0.4) is 0 Å². The number of aryl methyl sites for hydroxylation is 1. The maximum atomic E-state index is 11.4. The number of amides is 1. The highest BCUT2D eigenvalue weighted by Crippen LogP contribution is 2.23. The molecule has 1 heterocycles. The first-order chi connectivity index (χ1) is 7.29. The third-order valence-electron chi connectivity index (χ3n) is 2.73. The quantitative estimate of drug-likeness (QED) is 0.766. The Balaban J connectivity index is 2.28. The van der Waals surface area contributed by atoms with Crippen LogP contribution in [0.4, 0.5) is 5.69 Å². The molecule has 1 aromatic rings. The molecule has 0 saturated heterocycles. The number of benzene rings is 1. The van der Waals surface area contributed by atoms with Crippen molar-refractivity contribution in [1.82, 2.24) is 0 Å². The van der Waals surface area contributed by atoms with Crippen molar-refractivity contribution >= 4 is 11.6 Å². The number of nitrogens with two attached hydrogens (primary N) is 1. The van der Waals surface area contributed by atoms with E-state index in [4.69, 9.17) is 5.73 Å². The van der Waals surface area contributed by atoms with E-state index in [9.17, 15) is 4.79 Å². The minimum atomic E-state index is 0.124. The molecule has 1 aromatic carbocycles. The molecule has 0 spiro atoms. The summed E-state index contributed by atoms with van der Waals surface area (Å²) in [7, 11) is 0. The first-order valence-corrected chi connectivity index (χ1v) is 5.41. The van der Waals surface area contributed by atoms with Crippen LogP contribution < -0.4 is 11.1 Å². The van der Waals surface area contributed by atoms with E-state index < -0.39 is 0 Å². The van der Waals surface area contributed by atoms with Gasteiger partial charge in [-0.15, -0.1) is 0 Å². The largest absolute Gasteiger partial charge is 0.330 e. The highest BCUT2D eigenvalue weighted by atomic mass is 16.1. The Bertz CT molecular complexity index is 374. The molecule has 0 radical (unpaired) electrons. The lowest BCUT2D eigenvalue weighted by Crippen LogP contribution is -2.10. The fraction of sp³-hybridized carbons (Fsp3) is 0.417. The Kier molecular flexibility index (Phi) is 3.02. The third kappa shape index (κ3) is 2.36. The van der Waals surface area contributed by atoms with E-state index in [2.05, 4.69) is 17.4 Å². The predicted octanol–water partition coefficient (Wildman–Crippen LogP) is 1.46. The SMILES string of the molecule is NCCc1ccc2c(c1)NC(=O)CCC2. The van der Waals surface area contributed by atoms with Gasteiger partial charge in [-0.3, -0.25) is 4.79 Å². The average Bonchev–Trinajstić information content (AvgIpc) is 2.38. The van der Waals surface area contributed by atoms with Crippen molar-refractivity contribution in [3.63, 3.8) is 0 Å². The molecule has 0 bridgehead atoms. The Morgan fingerprint density at radius 2 is 2.20 bits per heavy atom. The number of nitrogens with one attached hydrogen (secondary N) is 1. The van der Waals surface area contributed by atoms with Gasteiger partial charge in [0.15, 0.2) is 0 Å². The summed E-state index contributed by atoms with van der Waals surface area (Å²) in [5.41, 5.74) is 8.91. The summed E-state index contributed by atoms with van der Waals surface area (Å²) in [5.74, 6) is 0.124. The van der Waals surface area contributed by atoms with Crippen LogP contribution in [0.1, 0.15) is 24.0 Å². The molecule has 0 aliphatic carbocycles. The first kappa shape index (κ1) is 10.2. The topological polar surface area (TPSA) is 55.1 Å². The van der Waals surface area contributed by atoms with Gasteiger partial charge in [0, 0.05) is 12.1 Å². The van der Waals surface area contributed by atoms with E-state index in [-0.39, 0.29) is 5.91 Å². The van der Waals surface area contributed by atoms with Crippen molar-refractivity contribution in [2.75, 3.05) is 11.9 Å². The van der Waals surface area contributed by atoms with Gasteiger partial charge in [0.05, 0.1) is 0 Å². The van der Waals surface area contributed by atoms with Crippen LogP contribution in [0.25, 0.3) is 0 Å². The van der Waals surface area contributed by atoms with E-state index in [0.717, 1.165) is 24.9 Å². The minimum absolute atomic E-state index is 0.124. The van der Waals surface area contributed by atoms with Crippen LogP contribution in [0.5, 0.6) is 0 Å². The zero-order chi connectivity index (χ0) is 10.7. The Labute approximate surface area is 89.7 Å². The second-order valence-electron chi connectivity index (χ2n) is 3.93. The second kappa shape index (κ2) is 4.45. The van der Waals surface area contributed by atoms with E-state index in [1.807, 2.05) is 6.07 Å². The van der Waals surface area contributed by atoms with Crippen molar-refractivity contribution < 1.29 is 4.79 Å². The molecule has 1 aliphatic heterocycles. The molecule has 3 N–H and O–H groups in total. The van der Waals surface area contributed by atoms with Gasteiger partial charge in [0.2, 0.25) is 5.91 Å². The molecule has 1 aliphatic rings. The molecule has 0 fully saturated rings. The van der Waals surface area contributed by atoms with Gasteiger partial charge >= 0.3 is 0 Å². The van der Waals surface area contributed by atoms with Crippen molar-refractivity contribution in [3.05, 3.63) is 29.3 Å². The van der Waals surface area contributed by atoms with Crippen LogP contribution in [0.15, 0.2) is 18.2 Å². The van der Waals surface area contributed by atoms with Crippen molar-refractivity contribution in [3.8, 4) is 0 Å². The normalized spacial score (nSPS) is 15.4. The number of carbonyl (C=O) groups excluding carboxylic acids is 1. The minimum Gasteiger partial charge on any atom is -0.330 e. The highest BCUT2D eigenvalue weighted by molar-refractivity contribution is 5.92. The van der Waals surface area contributed by atoms with E-state index in [1.165, 1.54) is 11.1 Å². The predicted molar refractivity (Wildman–Crippen MR) is 60.8 cm³/mol. The molecule has 15 heavy (non-hydrogen) atoms. The number of rotatable bonds is 2. The van der Waals surface area contributed by atoms with Gasteiger partial charge in [-0.2, -0.15) is 0 Å². The monoisotopic (exact) mass is 204 g/mol. The van der Waals surface area contributed by atoms with E-state index >= 15 is 0 Å². The second-order valence-corrected chi connectivity index (χ2v) is 3.93. The zero-order valence-corrected chi connectivity index (χ0v) is 8.75. The standard InChI is InChI=1S/C12H16N2O/c13-7-6-9-4-5-10-2-1-3-12(15)14-11(10)8-9/h4-5,8H,1-3,6-7,13H2,(H,14,15). The molecular formula is C12H16N2O. The van der Waals surface area contributed by atoms with Crippen molar-refractivity contribution in [1.29, 1.82) is 0 Å². The van der Waals surface area contributed by atoms with Crippen LogP contribution in [-0.2, 0) is 17.6 Å². The number of hydrogen-bond donors (Lipinski definition) is 2. The maximum absolute atomic E-state index is 11.4. The van der Waals surface area contributed by atoms with Crippen LogP contribution >= 0.6 is 0 Å². The summed E-state index contributed by atoms with van der Waals surface area (Å²) in [6.45, 7) is 0.646. The smallest absolute Gasteiger partial charge is 0.224 e. The van der Waals surface area contributed by atoms with Gasteiger partial charge in [-0.1, -0.05) is 12.1 Å². The summed E-state index contributed by atoms with van der Waals surface area (Å²) >= 11 is 0. The number of carbonyl (C=O) groups is 1. The lowest BCUT2D eigenvalue weighted by Gasteiger charge is -2.08. The number of fused-ring (bicyclic) bond motifs is 1. The fourth-order valence-electron chi connectivity index (χ4n) is 1.93. The Morgan fingerprint density at radius 1 is 1.33 bits per heavy atom. The first-order valence-electron chi connectivity index (χ1n) is 5.41. The molecule has 3 nitrogen and oxygen atoms in total. The summed E-state index contributed by atoms with van der Waals surface area (Å²) in [6.07, 6.45) is 3.41.